The second kappa shape index (κ2) is 12.3. The van der Waals surface area contributed by atoms with E-state index in [0.29, 0.717) is 43.6 Å². The van der Waals surface area contributed by atoms with Crippen LogP contribution in [-0.2, 0) is 23.7 Å². The average Bonchev–Trinajstić information content (AvgIpc) is 3.19. The summed E-state index contributed by atoms with van der Waals surface area (Å²) in [5.41, 5.74) is 5.55. The first-order valence-corrected chi connectivity index (χ1v) is 14.6. The van der Waals surface area contributed by atoms with Crippen LogP contribution in [0.2, 0.25) is 0 Å². The van der Waals surface area contributed by atoms with Gasteiger partial charge in [-0.25, -0.2) is 0 Å². The van der Waals surface area contributed by atoms with Crippen LogP contribution in [-0.4, -0.2) is 61.1 Å². The standard InChI is InChI=1S/C28H51BN4O5/c1-16(2)13-23(29-37-22-15-19-14-21(27(19,6)7)28(22,8)38-29)33-26(36)20(11-9-10-12-30)32-25(35)18(5)31-24(34)17(3)4/h16-23H,9-15,30H2,1-8H3,(H,31,34)(H,32,35)(H,33,36)/t18-,19-,20-,21-,22+,23-,28-/m0/s1. The number of nitrogens with two attached hydrogens (primary N) is 1. The number of carbonyl (C=O) groups excluding carboxylic acids is 3. The summed E-state index contributed by atoms with van der Waals surface area (Å²) in [6.07, 6.45) is 4.78. The molecule has 38 heavy (non-hydrogen) atoms. The van der Waals surface area contributed by atoms with Gasteiger partial charge in [-0.1, -0.05) is 41.5 Å². The summed E-state index contributed by atoms with van der Waals surface area (Å²) >= 11 is 0. The minimum absolute atomic E-state index is 0.0290. The monoisotopic (exact) mass is 534 g/mol. The van der Waals surface area contributed by atoms with Crippen LogP contribution < -0.4 is 21.7 Å². The second-order valence-corrected chi connectivity index (χ2v) is 13.3. The Morgan fingerprint density at radius 2 is 1.63 bits per heavy atom. The quantitative estimate of drug-likeness (QED) is 0.212. The molecule has 4 aliphatic rings. The minimum atomic E-state index is -0.749. The molecule has 0 aromatic rings. The number of hydrogen-bond acceptors (Lipinski definition) is 6. The molecule has 10 heteroatoms. The molecule has 3 aliphatic carbocycles. The molecule has 9 nitrogen and oxygen atoms in total. The fraction of sp³-hybridized carbons (Fsp3) is 0.893. The van der Waals surface area contributed by atoms with Crippen LogP contribution >= 0.6 is 0 Å². The maximum absolute atomic E-state index is 13.6. The van der Waals surface area contributed by atoms with Crippen LogP contribution in [0.1, 0.15) is 93.9 Å². The van der Waals surface area contributed by atoms with Crippen LogP contribution in [0.5, 0.6) is 0 Å². The predicted octanol–water partition coefficient (Wildman–Crippen LogP) is 2.56. The third kappa shape index (κ3) is 6.56. The molecule has 7 atom stereocenters. The molecule has 3 saturated carbocycles. The van der Waals surface area contributed by atoms with Crippen LogP contribution in [0.3, 0.4) is 0 Å². The molecule has 3 amide bonds. The molecule has 216 valence electrons. The highest BCUT2D eigenvalue weighted by molar-refractivity contribution is 6.48. The van der Waals surface area contributed by atoms with Gasteiger partial charge >= 0.3 is 7.12 Å². The van der Waals surface area contributed by atoms with Gasteiger partial charge in [0, 0.05) is 5.92 Å². The molecule has 0 unspecified atom stereocenters. The number of carbonyl (C=O) groups is 3. The maximum atomic E-state index is 13.6. The normalized spacial score (nSPS) is 29.8. The molecule has 4 rings (SSSR count). The lowest BCUT2D eigenvalue weighted by molar-refractivity contribution is -0.199. The van der Waals surface area contributed by atoms with Crippen LogP contribution in [0, 0.1) is 29.1 Å². The first-order chi connectivity index (χ1) is 17.7. The zero-order valence-electron chi connectivity index (χ0n) is 24.8. The van der Waals surface area contributed by atoms with E-state index in [1.807, 2.05) is 0 Å². The largest absolute Gasteiger partial charge is 0.481 e. The van der Waals surface area contributed by atoms with Gasteiger partial charge in [-0.15, -0.1) is 0 Å². The van der Waals surface area contributed by atoms with Crippen molar-refractivity contribution in [3.8, 4) is 0 Å². The molecular formula is C28H51BN4O5. The first kappa shape index (κ1) is 30.9. The fourth-order valence-corrected chi connectivity index (χ4v) is 6.60. The van der Waals surface area contributed by atoms with Crippen molar-refractivity contribution in [2.45, 2.75) is 124 Å². The Balaban J connectivity index is 1.70. The van der Waals surface area contributed by atoms with E-state index >= 15 is 0 Å². The van der Waals surface area contributed by atoms with E-state index in [-0.39, 0.29) is 46.7 Å². The van der Waals surface area contributed by atoms with Crippen molar-refractivity contribution < 1.29 is 23.7 Å². The van der Waals surface area contributed by atoms with E-state index in [1.165, 1.54) is 0 Å². The Labute approximate surface area is 229 Å². The summed E-state index contributed by atoms with van der Waals surface area (Å²) < 4.78 is 13.2. The molecule has 0 radical (unpaired) electrons. The Bertz CT molecular complexity index is 868. The third-order valence-electron chi connectivity index (χ3n) is 9.21. The lowest BCUT2D eigenvalue weighted by Crippen LogP contribution is -2.65. The van der Waals surface area contributed by atoms with E-state index in [4.69, 9.17) is 15.0 Å². The Morgan fingerprint density at radius 3 is 2.21 bits per heavy atom. The zero-order valence-corrected chi connectivity index (χ0v) is 24.8. The molecule has 1 saturated heterocycles. The van der Waals surface area contributed by atoms with E-state index in [1.54, 1.807) is 20.8 Å². The molecule has 5 N–H and O–H groups in total. The van der Waals surface area contributed by atoms with Crippen molar-refractivity contribution in [3.05, 3.63) is 0 Å². The molecule has 1 heterocycles. The zero-order chi connectivity index (χ0) is 28.4. The molecule has 4 fully saturated rings. The molecule has 0 aromatic carbocycles. The number of unbranched alkanes of at least 4 members (excludes halogenated alkanes) is 1. The van der Waals surface area contributed by atoms with Gasteiger partial charge in [0.05, 0.1) is 17.6 Å². The minimum Gasteiger partial charge on any atom is -0.404 e. The third-order valence-corrected chi connectivity index (χ3v) is 9.21. The Hall–Kier alpha value is -1.65. The van der Waals surface area contributed by atoms with E-state index in [2.05, 4.69) is 50.6 Å². The smallest absolute Gasteiger partial charge is 0.404 e. The summed E-state index contributed by atoms with van der Waals surface area (Å²) in [5.74, 6) is -0.0424. The highest BCUT2D eigenvalue weighted by Gasteiger charge is 2.68. The second-order valence-electron chi connectivity index (χ2n) is 13.3. The van der Waals surface area contributed by atoms with Gasteiger partial charge in [-0.2, -0.15) is 0 Å². The van der Waals surface area contributed by atoms with Gasteiger partial charge in [0.1, 0.15) is 12.1 Å². The summed E-state index contributed by atoms with van der Waals surface area (Å²) in [7, 11) is -0.531. The number of amides is 3. The van der Waals surface area contributed by atoms with Crippen molar-refractivity contribution in [2.75, 3.05) is 6.54 Å². The highest BCUT2D eigenvalue weighted by Crippen LogP contribution is 2.65. The van der Waals surface area contributed by atoms with Crippen molar-refractivity contribution in [2.24, 2.45) is 34.8 Å². The lowest BCUT2D eigenvalue weighted by atomic mass is 9.43. The van der Waals surface area contributed by atoms with Crippen LogP contribution in [0.15, 0.2) is 0 Å². The summed E-state index contributed by atoms with van der Waals surface area (Å²) in [6.45, 7) is 16.7. The van der Waals surface area contributed by atoms with E-state index < -0.39 is 19.2 Å². The van der Waals surface area contributed by atoms with Crippen LogP contribution in [0.4, 0.5) is 0 Å². The summed E-state index contributed by atoms with van der Waals surface area (Å²) in [5, 5.41) is 8.74. The van der Waals surface area contributed by atoms with Gasteiger partial charge < -0.3 is 31.0 Å². The fourth-order valence-electron chi connectivity index (χ4n) is 6.60. The van der Waals surface area contributed by atoms with Crippen LogP contribution in [0.25, 0.3) is 0 Å². The number of nitrogens with one attached hydrogen (secondary N) is 3. The van der Waals surface area contributed by atoms with E-state index in [9.17, 15) is 14.4 Å². The number of hydrogen-bond donors (Lipinski definition) is 4. The van der Waals surface area contributed by atoms with Gasteiger partial charge in [-0.3, -0.25) is 14.4 Å². The Morgan fingerprint density at radius 1 is 0.947 bits per heavy atom. The van der Waals surface area contributed by atoms with Crippen molar-refractivity contribution in [3.63, 3.8) is 0 Å². The summed E-state index contributed by atoms with van der Waals surface area (Å²) in [4.78, 5) is 38.6. The molecule has 2 bridgehead atoms. The highest BCUT2D eigenvalue weighted by atomic mass is 16.7. The topological polar surface area (TPSA) is 132 Å². The van der Waals surface area contributed by atoms with Gasteiger partial charge in [-0.05, 0) is 82.1 Å². The van der Waals surface area contributed by atoms with Gasteiger partial charge in [0.2, 0.25) is 17.7 Å². The van der Waals surface area contributed by atoms with Crippen molar-refractivity contribution >= 4 is 24.8 Å². The molecule has 0 spiro atoms. The van der Waals surface area contributed by atoms with E-state index in [0.717, 1.165) is 19.3 Å². The summed E-state index contributed by atoms with van der Waals surface area (Å²) in [6, 6.07) is -1.49. The first-order valence-electron chi connectivity index (χ1n) is 14.6. The van der Waals surface area contributed by atoms with Crippen molar-refractivity contribution in [1.29, 1.82) is 0 Å². The van der Waals surface area contributed by atoms with Gasteiger partial charge in [0.15, 0.2) is 0 Å². The Kier molecular flexibility index (Phi) is 9.96. The van der Waals surface area contributed by atoms with Gasteiger partial charge in [0.25, 0.3) is 0 Å². The SMILES string of the molecule is CC(C)C[C@H](NC(=O)[C@H](CCCCN)NC(=O)[C@H](C)NC(=O)C(C)C)B1O[C@@H]2C[C@@H]3C[C@@H](C3(C)C)[C@]2(C)O1. The lowest BCUT2D eigenvalue weighted by Gasteiger charge is -2.64. The maximum Gasteiger partial charge on any atom is 0.481 e. The molecular weight excluding hydrogens is 483 g/mol. The molecule has 0 aromatic heterocycles. The number of rotatable bonds is 13. The molecule has 1 aliphatic heterocycles. The van der Waals surface area contributed by atoms with Crippen molar-refractivity contribution in [1.82, 2.24) is 16.0 Å². The predicted molar refractivity (Wildman–Crippen MR) is 149 cm³/mol. The average molecular weight is 535 g/mol.